The van der Waals surface area contributed by atoms with Crippen LogP contribution < -0.4 is 10.1 Å². The van der Waals surface area contributed by atoms with Gasteiger partial charge in [-0.1, -0.05) is 23.7 Å². The van der Waals surface area contributed by atoms with Crippen LogP contribution in [0.15, 0.2) is 48.5 Å². The summed E-state index contributed by atoms with van der Waals surface area (Å²) in [5.74, 6) is 0.474. The van der Waals surface area contributed by atoms with Crippen molar-refractivity contribution in [3.8, 4) is 5.75 Å². The molecule has 2 aromatic carbocycles. The lowest BCUT2D eigenvalue weighted by Crippen LogP contribution is -2.22. The fraction of sp³-hybridized carbons (Fsp3) is 0.235. The van der Waals surface area contributed by atoms with Gasteiger partial charge in [0, 0.05) is 17.1 Å². The molecule has 1 unspecified atom stereocenters. The van der Waals surface area contributed by atoms with Crippen molar-refractivity contribution < 1.29 is 14.6 Å². The van der Waals surface area contributed by atoms with Gasteiger partial charge in [-0.15, -0.1) is 0 Å². The predicted octanol–water partition coefficient (Wildman–Crippen LogP) is 3.20. The molecule has 22 heavy (non-hydrogen) atoms. The molecule has 0 radical (unpaired) electrons. The Balaban J connectivity index is 1.93. The van der Waals surface area contributed by atoms with Crippen molar-refractivity contribution >= 4 is 17.5 Å². The minimum Gasteiger partial charge on any atom is -0.491 e. The van der Waals surface area contributed by atoms with Crippen LogP contribution >= 0.6 is 11.6 Å². The molecule has 0 spiro atoms. The number of ether oxygens (including phenoxy) is 1. The van der Waals surface area contributed by atoms with Crippen LogP contribution in [0.2, 0.25) is 5.02 Å². The van der Waals surface area contributed by atoms with E-state index in [0.29, 0.717) is 28.4 Å². The molecule has 2 aromatic rings. The Kier molecular flexibility index (Phi) is 5.81. The second-order valence-corrected chi connectivity index (χ2v) is 5.20. The molecule has 0 saturated heterocycles. The fourth-order valence-electron chi connectivity index (χ4n) is 1.95. The minimum absolute atomic E-state index is 0.112. The van der Waals surface area contributed by atoms with Crippen LogP contribution in [0, 0.1) is 0 Å². The number of amides is 1. The van der Waals surface area contributed by atoms with E-state index < -0.39 is 6.10 Å². The summed E-state index contributed by atoms with van der Waals surface area (Å²) in [6.45, 7) is 2.57. The number of rotatable bonds is 6. The van der Waals surface area contributed by atoms with Crippen LogP contribution in [-0.2, 0) is 0 Å². The number of aliphatic hydroxyl groups excluding tert-OH is 1. The fourth-order valence-corrected chi connectivity index (χ4v) is 2.15. The highest BCUT2D eigenvalue weighted by Gasteiger charge is 2.09. The summed E-state index contributed by atoms with van der Waals surface area (Å²) in [5, 5.41) is 13.4. The van der Waals surface area contributed by atoms with Crippen LogP contribution in [0.5, 0.6) is 5.75 Å². The molecule has 5 heteroatoms. The maximum absolute atomic E-state index is 11.6. The molecule has 4 nitrogen and oxygen atoms in total. The number of benzene rings is 2. The summed E-state index contributed by atoms with van der Waals surface area (Å²) >= 11 is 5.89. The Morgan fingerprint density at radius 3 is 2.64 bits per heavy atom. The van der Waals surface area contributed by atoms with Crippen LogP contribution in [0.4, 0.5) is 0 Å². The van der Waals surface area contributed by atoms with Crippen LogP contribution in [-0.4, -0.2) is 24.2 Å². The third-order valence-corrected chi connectivity index (χ3v) is 3.33. The summed E-state index contributed by atoms with van der Waals surface area (Å²) in [7, 11) is 0. The van der Waals surface area contributed by atoms with Gasteiger partial charge in [0.2, 0.25) is 0 Å². The van der Waals surface area contributed by atoms with Crippen LogP contribution in [0.1, 0.15) is 28.9 Å². The van der Waals surface area contributed by atoms with Crippen molar-refractivity contribution in [1.29, 1.82) is 0 Å². The predicted molar refractivity (Wildman–Crippen MR) is 86.4 cm³/mol. The van der Waals surface area contributed by atoms with Gasteiger partial charge in [-0.2, -0.15) is 0 Å². The summed E-state index contributed by atoms with van der Waals surface area (Å²) in [4.78, 5) is 11.6. The summed E-state index contributed by atoms with van der Waals surface area (Å²) in [5.41, 5.74) is 1.27. The molecule has 0 aliphatic carbocycles. The number of carbonyl (C=O) groups is 1. The molecule has 0 aromatic heterocycles. The van der Waals surface area contributed by atoms with Gasteiger partial charge >= 0.3 is 0 Å². The molecule has 2 rings (SSSR count). The first-order valence-corrected chi connectivity index (χ1v) is 7.42. The average Bonchev–Trinajstić information content (AvgIpc) is 2.53. The zero-order valence-electron chi connectivity index (χ0n) is 12.3. The Hall–Kier alpha value is -2.04. The van der Waals surface area contributed by atoms with Gasteiger partial charge < -0.3 is 15.2 Å². The lowest BCUT2D eigenvalue weighted by atomic mass is 10.1. The Morgan fingerprint density at radius 1 is 1.27 bits per heavy atom. The van der Waals surface area contributed by atoms with Crippen LogP contribution in [0.25, 0.3) is 0 Å². The molecule has 0 bridgehead atoms. The molecule has 0 aliphatic rings. The van der Waals surface area contributed by atoms with Gasteiger partial charge in [0.1, 0.15) is 18.5 Å². The Labute approximate surface area is 134 Å². The Morgan fingerprint density at radius 2 is 2.00 bits per heavy atom. The van der Waals surface area contributed by atoms with Crippen molar-refractivity contribution in [2.75, 3.05) is 13.2 Å². The zero-order chi connectivity index (χ0) is 15.9. The quantitative estimate of drug-likeness (QED) is 0.859. The van der Waals surface area contributed by atoms with E-state index in [9.17, 15) is 9.90 Å². The molecule has 116 valence electrons. The van der Waals surface area contributed by atoms with Gasteiger partial charge in [-0.3, -0.25) is 4.79 Å². The first-order valence-electron chi connectivity index (χ1n) is 7.04. The average molecular weight is 320 g/mol. The summed E-state index contributed by atoms with van der Waals surface area (Å²) < 4.78 is 5.53. The molecule has 1 amide bonds. The topological polar surface area (TPSA) is 58.6 Å². The number of aliphatic hydroxyl groups is 1. The SMILES string of the molecule is CCNC(=O)c1ccc(OCC(O)c2cccc(Cl)c2)cc1. The normalized spacial score (nSPS) is 11.8. The molecular formula is C17H18ClNO3. The molecule has 0 heterocycles. The number of hydrogen-bond donors (Lipinski definition) is 2. The largest absolute Gasteiger partial charge is 0.491 e. The van der Waals surface area contributed by atoms with Gasteiger partial charge in [-0.25, -0.2) is 0 Å². The van der Waals surface area contributed by atoms with Gasteiger partial charge in [0.25, 0.3) is 5.91 Å². The third-order valence-electron chi connectivity index (χ3n) is 3.10. The van der Waals surface area contributed by atoms with E-state index in [4.69, 9.17) is 16.3 Å². The number of nitrogens with one attached hydrogen (secondary N) is 1. The monoisotopic (exact) mass is 319 g/mol. The van der Waals surface area contributed by atoms with Crippen molar-refractivity contribution in [3.63, 3.8) is 0 Å². The lowest BCUT2D eigenvalue weighted by molar-refractivity contribution is 0.0955. The highest BCUT2D eigenvalue weighted by molar-refractivity contribution is 6.30. The minimum atomic E-state index is -0.762. The Bertz CT molecular complexity index is 628. The lowest BCUT2D eigenvalue weighted by Gasteiger charge is -2.13. The summed E-state index contributed by atoms with van der Waals surface area (Å²) in [6, 6.07) is 13.8. The first kappa shape index (κ1) is 16.3. The van der Waals surface area contributed by atoms with Gasteiger partial charge in [-0.05, 0) is 48.9 Å². The second-order valence-electron chi connectivity index (χ2n) is 4.77. The maximum atomic E-state index is 11.6. The van der Waals surface area contributed by atoms with E-state index in [-0.39, 0.29) is 12.5 Å². The van der Waals surface area contributed by atoms with E-state index >= 15 is 0 Å². The van der Waals surface area contributed by atoms with E-state index in [1.165, 1.54) is 0 Å². The zero-order valence-corrected chi connectivity index (χ0v) is 13.0. The van der Waals surface area contributed by atoms with Crippen molar-refractivity contribution in [2.24, 2.45) is 0 Å². The van der Waals surface area contributed by atoms with E-state index in [1.54, 1.807) is 48.5 Å². The molecule has 0 saturated carbocycles. The van der Waals surface area contributed by atoms with E-state index in [2.05, 4.69) is 5.32 Å². The van der Waals surface area contributed by atoms with Crippen molar-refractivity contribution in [3.05, 3.63) is 64.7 Å². The standard InChI is InChI=1S/C17H18ClNO3/c1-2-19-17(21)12-6-8-15(9-7-12)22-11-16(20)13-4-3-5-14(18)10-13/h3-10,16,20H,2,11H2,1H3,(H,19,21). The smallest absolute Gasteiger partial charge is 0.251 e. The molecular weight excluding hydrogens is 302 g/mol. The second kappa shape index (κ2) is 7.82. The molecule has 0 aliphatic heterocycles. The van der Waals surface area contributed by atoms with Crippen LogP contribution in [0.3, 0.4) is 0 Å². The highest BCUT2D eigenvalue weighted by atomic mass is 35.5. The van der Waals surface area contributed by atoms with Gasteiger partial charge in [0.05, 0.1) is 0 Å². The number of halogens is 1. The number of carbonyl (C=O) groups excluding carboxylic acids is 1. The van der Waals surface area contributed by atoms with Gasteiger partial charge in [0.15, 0.2) is 0 Å². The summed E-state index contributed by atoms with van der Waals surface area (Å²) in [6.07, 6.45) is -0.762. The van der Waals surface area contributed by atoms with Crippen molar-refractivity contribution in [1.82, 2.24) is 5.32 Å². The first-order chi connectivity index (χ1) is 10.6. The molecule has 1 atom stereocenters. The van der Waals surface area contributed by atoms with E-state index in [1.807, 2.05) is 6.92 Å². The van der Waals surface area contributed by atoms with Crippen molar-refractivity contribution in [2.45, 2.75) is 13.0 Å². The molecule has 0 fully saturated rings. The molecule has 2 N–H and O–H groups in total. The van der Waals surface area contributed by atoms with E-state index in [0.717, 1.165) is 0 Å². The number of hydrogen-bond acceptors (Lipinski definition) is 3. The highest BCUT2D eigenvalue weighted by Crippen LogP contribution is 2.19. The third kappa shape index (κ3) is 4.48. The maximum Gasteiger partial charge on any atom is 0.251 e.